The SMILES string of the molecule is COc1cc(O)ccc1N1CCN(C(N)=Nc2cc(Br)cc(Br)c2)CC1. The second-order valence-corrected chi connectivity index (χ2v) is 7.76. The molecule has 26 heavy (non-hydrogen) atoms. The Bertz CT molecular complexity index is 801. The number of benzene rings is 2. The van der Waals surface area contributed by atoms with Crippen LogP contribution < -0.4 is 15.4 Å². The fourth-order valence-electron chi connectivity index (χ4n) is 2.91. The molecular weight excluding hydrogens is 464 g/mol. The first-order chi connectivity index (χ1) is 12.5. The summed E-state index contributed by atoms with van der Waals surface area (Å²) in [5.74, 6) is 1.37. The molecule has 3 rings (SSSR count). The molecule has 0 spiro atoms. The van der Waals surface area contributed by atoms with Crippen LogP contribution in [0.4, 0.5) is 11.4 Å². The van der Waals surface area contributed by atoms with Crippen LogP contribution in [0.15, 0.2) is 50.3 Å². The number of methoxy groups -OCH3 is 1. The second kappa shape index (κ2) is 8.18. The number of anilines is 1. The summed E-state index contributed by atoms with van der Waals surface area (Å²) in [6, 6.07) is 11.0. The van der Waals surface area contributed by atoms with Gasteiger partial charge in [-0.15, -0.1) is 0 Å². The molecule has 8 heteroatoms. The van der Waals surface area contributed by atoms with Gasteiger partial charge in [0.15, 0.2) is 5.96 Å². The number of nitrogens with two attached hydrogens (primary N) is 1. The van der Waals surface area contributed by atoms with Crippen molar-refractivity contribution in [2.75, 3.05) is 38.2 Å². The van der Waals surface area contributed by atoms with E-state index in [0.717, 1.165) is 46.5 Å². The van der Waals surface area contributed by atoms with Gasteiger partial charge in [0.1, 0.15) is 11.5 Å². The van der Waals surface area contributed by atoms with Gasteiger partial charge in [0.2, 0.25) is 0 Å². The van der Waals surface area contributed by atoms with E-state index >= 15 is 0 Å². The molecule has 0 aromatic heterocycles. The number of halogens is 2. The highest BCUT2D eigenvalue weighted by Gasteiger charge is 2.21. The van der Waals surface area contributed by atoms with Crippen LogP contribution in [0, 0.1) is 0 Å². The van der Waals surface area contributed by atoms with Gasteiger partial charge in [-0.05, 0) is 30.3 Å². The monoisotopic (exact) mass is 482 g/mol. The van der Waals surface area contributed by atoms with Gasteiger partial charge >= 0.3 is 0 Å². The lowest BCUT2D eigenvalue weighted by Gasteiger charge is -2.37. The summed E-state index contributed by atoms with van der Waals surface area (Å²) in [5.41, 5.74) is 7.98. The zero-order valence-corrected chi connectivity index (χ0v) is 17.5. The molecule has 0 aliphatic carbocycles. The number of phenolic OH excluding ortho intramolecular Hbond substituents is 1. The average molecular weight is 484 g/mol. The van der Waals surface area contributed by atoms with Crippen LogP contribution >= 0.6 is 31.9 Å². The Morgan fingerprint density at radius 3 is 2.35 bits per heavy atom. The van der Waals surface area contributed by atoms with E-state index in [-0.39, 0.29) is 5.75 Å². The van der Waals surface area contributed by atoms with Crippen molar-refractivity contribution in [1.29, 1.82) is 0 Å². The Morgan fingerprint density at radius 2 is 1.73 bits per heavy atom. The fourth-order valence-corrected chi connectivity index (χ4v) is 4.18. The minimum Gasteiger partial charge on any atom is -0.508 e. The number of hydrogen-bond donors (Lipinski definition) is 2. The maximum atomic E-state index is 9.62. The number of rotatable bonds is 3. The molecule has 2 aromatic carbocycles. The summed E-state index contributed by atoms with van der Waals surface area (Å²) in [4.78, 5) is 8.82. The summed E-state index contributed by atoms with van der Waals surface area (Å²) < 4.78 is 7.28. The second-order valence-electron chi connectivity index (χ2n) is 5.93. The lowest BCUT2D eigenvalue weighted by molar-refractivity contribution is 0.374. The predicted molar refractivity (Wildman–Crippen MR) is 112 cm³/mol. The molecule has 3 N–H and O–H groups in total. The molecule has 1 aliphatic heterocycles. The molecule has 138 valence electrons. The molecule has 6 nitrogen and oxygen atoms in total. The maximum absolute atomic E-state index is 9.62. The third kappa shape index (κ3) is 4.42. The van der Waals surface area contributed by atoms with E-state index in [1.54, 1.807) is 19.2 Å². The summed E-state index contributed by atoms with van der Waals surface area (Å²) in [6.07, 6.45) is 0. The van der Waals surface area contributed by atoms with Gasteiger partial charge in [-0.25, -0.2) is 4.99 Å². The van der Waals surface area contributed by atoms with Crippen LogP contribution in [0.2, 0.25) is 0 Å². The molecule has 1 fully saturated rings. The van der Waals surface area contributed by atoms with E-state index in [9.17, 15) is 5.11 Å². The smallest absolute Gasteiger partial charge is 0.196 e. The highest BCUT2D eigenvalue weighted by Crippen LogP contribution is 2.32. The van der Waals surface area contributed by atoms with Crippen LogP contribution in [0.3, 0.4) is 0 Å². The van der Waals surface area contributed by atoms with Crippen molar-refractivity contribution in [2.24, 2.45) is 10.7 Å². The molecule has 1 aliphatic rings. The Hall–Kier alpha value is -1.93. The first kappa shape index (κ1) is 18.8. The number of nitrogens with zero attached hydrogens (tertiary/aromatic N) is 3. The zero-order valence-electron chi connectivity index (χ0n) is 14.3. The molecule has 0 radical (unpaired) electrons. The topological polar surface area (TPSA) is 74.3 Å². The molecule has 0 amide bonds. The Labute approximate surface area is 169 Å². The summed E-state index contributed by atoms with van der Waals surface area (Å²) in [7, 11) is 1.61. The van der Waals surface area contributed by atoms with E-state index in [4.69, 9.17) is 10.5 Å². The maximum Gasteiger partial charge on any atom is 0.196 e. The van der Waals surface area contributed by atoms with Crippen LogP contribution in [0.5, 0.6) is 11.5 Å². The number of aliphatic imine (C=N–C) groups is 1. The molecule has 0 atom stereocenters. The van der Waals surface area contributed by atoms with Crippen LogP contribution in [-0.2, 0) is 0 Å². The van der Waals surface area contributed by atoms with E-state index < -0.39 is 0 Å². The highest BCUT2D eigenvalue weighted by atomic mass is 79.9. The van der Waals surface area contributed by atoms with Crippen LogP contribution in [-0.4, -0.2) is 49.3 Å². The van der Waals surface area contributed by atoms with Gasteiger partial charge in [-0.3, -0.25) is 0 Å². The Kier molecular flexibility index (Phi) is 5.93. The summed E-state index contributed by atoms with van der Waals surface area (Å²) in [6.45, 7) is 3.10. The van der Waals surface area contributed by atoms with Crippen molar-refractivity contribution in [3.8, 4) is 11.5 Å². The van der Waals surface area contributed by atoms with Gasteiger partial charge < -0.3 is 25.4 Å². The van der Waals surface area contributed by atoms with Gasteiger partial charge in [0, 0.05) is 41.2 Å². The number of ether oxygens (including phenoxy) is 1. The van der Waals surface area contributed by atoms with Gasteiger partial charge in [0.05, 0.1) is 18.5 Å². The third-order valence-electron chi connectivity index (χ3n) is 4.20. The molecule has 0 unspecified atom stereocenters. The third-order valence-corrected chi connectivity index (χ3v) is 5.11. The van der Waals surface area contributed by atoms with Gasteiger partial charge in [-0.2, -0.15) is 0 Å². The van der Waals surface area contributed by atoms with Gasteiger partial charge in [-0.1, -0.05) is 31.9 Å². The summed E-state index contributed by atoms with van der Waals surface area (Å²) >= 11 is 6.92. The number of hydrogen-bond acceptors (Lipinski definition) is 4. The van der Waals surface area contributed by atoms with Crippen molar-refractivity contribution in [2.45, 2.75) is 0 Å². The lowest BCUT2D eigenvalue weighted by atomic mass is 10.2. The Morgan fingerprint density at radius 1 is 1.08 bits per heavy atom. The van der Waals surface area contributed by atoms with Crippen LogP contribution in [0.1, 0.15) is 0 Å². The minimum atomic E-state index is 0.195. The van der Waals surface area contributed by atoms with Gasteiger partial charge in [0.25, 0.3) is 0 Å². The van der Waals surface area contributed by atoms with E-state index in [1.165, 1.54) is 0 Å². The number of aromatic hydroxyl groups is 1. The van der Waals surface area contributed by atoms with E-state index in [1.807, 2.05) is 24.3 Å². The number of guanidine groups is 1. The van der Waals surface area contributed by atoms with E-state index in [2.05, 4.69) is 46.7 Å². The molecular formula is C18H20Br2N4O2. The van der Waals surface area contributed by atoms with Crippen molar-refractivity contribution in [3.05, 3.63) is 45.3 Å². The molecule has 0 bridgehead atoms. The molecule has 1 heterocycles. The standard InChI is InChI=1S/C18H20Br2N4O2/c1-26-17-11-15(25)2-3-16(17)23-4-6-24(7-5-23)18(21)22-14-9-12(19)8-13(20)10-14/h2-3,8-11,25H,4-7H2,1H3,(H2,21,22). The number of piperazine rings is 1. The van der Waals surface area contributed by atoms with Crippen LogP contribution in [0.25, 0.3) is 0 Å². The fraction of sp³-hybridized carbons (Fsp3) is 0.278. The van der Waals surface area contributed by atoms with Crippen molar-refractivity contribution in [1.82, 2.24) is 4.90 Å². The molecule has 1 saturated heterocycles. The van der Waals surface area contributed by atoms with Crippen molar-refractivity contribution >= 4 is 49.2 Å². The average Bonchev–Trinajstić information content (AvgIpc) is 2.61. The quantitative estimate of drug-likeness (QED) is 0.514. The largest absolute Gasteiger partial charge is 0.508 e. The normalized spacial score (nSPS) is 15.3. The number of phenols is 1. The predicted octanol–water partition coefficient (Wildman–Crippen LogP) is 3.69. The molecule has 0 saturated carbocycles. The minimum absolute atomic E-state index is 0.195. The highest BCUT2D eigenvalue weighted by molar-refractivity contribution is 9.11. The Balaban J connectivity index is 1.69. The van der Waals surface area contributed by atoms with Crippen molar-refractivity contribution < 1.29 is 9.84 Å². The first-order valence-corrected chi connectivity index (χ1v) is 9.72. The van der Waals surface area contributed by atoms with E-state index in [0.29, 0.717) is 11.7 Å². The zero-order chi connectivity index (χ0) is 18.7. The van der Waals surface area contributed by atoms with Crippen molar-refractivity contribution in [3.63, 3.8) is 0 Å². The summed E-state index contributed by atoms with van der Waals surface area (Å²) in [5, 5.41) is 9.62. The first-order valence-electron chi connectivity index (χ1n) is 8.13. The molecule has 2 aromatic rings. The lowest BCUT2D eigenvalue weighted by Crippen LogP contribution is -2.51.